The van der Waals surface area contributed by atoms with E-state index in [9.17, 15) is 9.90 Å². The first-order valence-electron chi connectivity index (χ1n) is 7.22. The number of fused-ring (bicyclic) bond motifs is 5. The lowest BCUT2D eigenvalue weighted by molar-refractivity contribution is -0.135. The minimum atomic E-state index is 0.126. The molecular weight excluding hydrogens is 214 g/mol. The van der Waals surface area contributed by atoms with Gasteiger partial charge in [0.1, 0.15) is 0 Å². The molecule has 1 saturated heterocycles. The normalized spacial score (nSPS) is 50.8. The third-order valence-corrected chi connectivity index (χ3v) is 5.89. The maximum absolute atomic E-state index is 12.5. The van der Waals surface area contributed by atoms with E-state index in [4.69, 9.17) is 0 Å². The highest BCUT2D eigenvalue weighted by molar-refractivity contribution is 5.83. The van der Waals surface area contributed by atoms with E-state index in [0.29, 0.717) is 11.8 Å². The predicted octanol–water partition coefficient (Wildman–Crippen LogP) is 1.26. The van der Waals surface area contributed by atoms with Gasteiger partial charge in [-0.2, -0.15) is 0 Å². The van der Waals surface area contributed by atoms with Gasteiger partial charge < -0.3 is 10.0 Å². The zero-order chi connectivity index (χ0) is 11.6. The third kappa shape index (κ3) is 1.29. The smallest absolute Gasteiger partial charge is 0.226 e. The fourth-order valence-electron chi connectivity index (χ4n) is 5.16. The van der Waals surface area contributed by atoms with Gasteiger partial charge in [-0.05, 0) is 55.8 Å². The Morgan fingerprint density at radius 1 is 1.18 bits per heavy atom. The van der Waals surface area contributed by atoms with Gasteiger partial charge in [0.25, 0.3) is 0 Å². The average Bonchev–Trinajstić information content (AvgIpc) is 2.78. The van der Waals surface area contributed by atoms with E-state index in [1.165, 1.54) is 19.3 Å². The van der Waals surface area contributed by atoms with Crippen LogP contribution in [0.25, 0.3) is 0 Å². The molecule has 4 rings (SSSR count). The summed E-state index contributed by atoms with van der Waals surface area (Å²) in [6, 6.07) is 0.126. The van der Waals surface area contributed by atoms with E-state index < -0.39 is 0 Å². The van der Waals surface area contributed by atoms with Crippen LogP contribution in [-0.4, -0.2) is 35.1 Å². The minimum absolute atomic E-state index is 0.126. The van der Waals surface area contributed by atoms with Crippen molar-refractivity contribution in [1.82, 2.24) is 4.90 Å². The van der Waals surface area contributed by atoms with Gasteiger partial charge in [-0.15, -0.1) is 0 Å². The summed E-state index contributed by atoms with van der Waals surface area (Å²) in [6.07, 6.45) is 6.23. The molecule has 17 heavy (non-hydrogen) atoms. The molecule has 0 spiro atoms. The molecule has 3 saturated carbocycles. The van der Waals surface area contributed by atoms with Gasteiger partial charge in [-0.3, -0.25) is 4.79 Å². The summed E-state index contributed by atoms with van der Waals surface area (Å²) >= 11 is 0. The van der Waals surface area contributed by atoms with Crippen molar-refractivity contribution >= 4 is 5.91 Å². The molecule has 3 aliphatic carbocycles. The van der Waals surface area contributed by atoms with E-state index in [0.717, 1.165) is 43.1 Å². The van der Waals surface area contributed by atoms with Gasteiger partial charge in [0, 0.05) is 12.5 Å². The lowest BCUT2D eigenvalue weighted by Gasteiger charge is -2.24. The van der Waals surface area contributed by atoms with Crippen molar-refractivity contribution in [2.75, 3.05) is 13.2 Å². The monoisotopic (exact) mass is 235 g/mol. The second-order valence-corrected chi connectivity index (χ2v) is 6.52. The molecule has 3 nitrogen and oxygen atoms in total. The molecule has 1 heterocycles. The zero-order valence-electron chi connectivity index (χ0n) is 10.2. The average molecular weight is 235 g/mol. The first-order chi connectivity index (χ1) is 8.31. The molecule has 0 radical (unpaired) electrons. The number of likely N-dealkylation sites (tertiary alicyclic amines) is 1. The summed E-state index contributed by atoms with van der Waals surface area (Å²) in [4.78, 5) is 14.5. The number of rotatable bonds is 2. The number of aliphatic hydroxyl groups excluding tert-OH is 1. The van der Waals surface area contributed by atoms with Crippen LogP contribution in [0.2, 0.25) is 0 Å². The maximum atomic E-state index is 12.5. The van der Waals surface area contributed by atoms with Crippen molar-refractivity contribution in [3.63, 3.8) is 0 Å². The highest BCUT2D eigenvalue weighted by atomic mass is 16.3. The summed E-state index contributed by atoms with van der Waals surface area (Å²) in [5, 5.41) is 9.31. The van der Waals surface area contributed by atoms with Crippen LogP contribution in [0, 0.1) is 29.6 Å². The van der Waals surface area contributed by atoms with Crippen molar-refractivity contribution in [1.29, 1.82) is 0 Å². The molecule has 3 heteroatoms. The molecular formula is C14H21NO2. The largest absolute Gasteiger partial charge is 0.394 e. The molecule has 4 aliphatic rings. The second kappa shape index (κ2) is 3.47. The molecule has 94 valence electrons. The number of nitrogens with zero attached hydrogens (tertiary/aromatic N) is 1. The molecule has 0 aromatic rings. The SMILES string of the molecule is O=C(C1C2C3CCC(C3)C12)N1CCC[C@@H]1CO. The van der Waals surface area contributed by atoms with Crippen LogP contribution in [0.1, 0.15) is 32.1 Å². The molecule has 1 aliphatic heterocycles. The van der Waals surface area contributed by atoms with Gasteiger partial charge >= 0.3 is 0 Å². The Hall–Kier alpha value is -0.570. The first kappa shape index (κ1) is 10.4. The lowest BCUT2D eigenvalue weighted by Crippen LogP contribution is -2.39. The summed E-state index contributed by atoms with van der Waals surface area (Å²) in [7, 11) is 0. The van der Waals surface area contributed by atoms with Gasteiger partial charge in [0.05, 0.1) is 12.6 Å². The van der Waals surface area contributed by atoms with E-state index in [1.54, 1.807) is 0 Å². The zero-order valence-corrected chi connectivity index (χ0v) is 10.2. The second-order valence-electron chi connectivity index (χ2n) is 6.52. The Labute approximate surface area is 102 Å². The number of carbonyl (C=O) groups is 1. The molecule has 1 amide bonds. The van der Waals surface area contributed by atoms with Crippen LogP contribution >= 0.6 is 0 Å². The molecule has 4 fully saturated rings. The topological polar surface area (TPSA) is 40.5 Å². The Balaban J connectivity index is 1.49. The Morgan fingerprint density at radius 3 is 2.53 bits per heavy atom. The van der Waals surface area contributed by atoms with Crippen LogP contribution in [-0.2, 0) is 4.79 Å². The van der Waals surface area contributed by atoms with E-state index >= 15 is 0 Å². The highest BCUT2D eigenvalue weighted by Gasteiger charge is 2.68. The van der Waals surface area contributed by atoms with Crippen LogP contribution in [0.15, 0.2) is 0 Å². The van der Waals surface area contributed by atoms with Gasteiger partial charge in [-0.1, -0.05) is 0 Å². The summed E-state index contributed by atoms with van der Waals surface area (Å²) in [6.45, 7) is 1.04. The Morgan fingerprint density at radius 2 is 1.88 bits per heavy atom. The summed E-state index contributed by atoms with van der Waals surface area (Å²) < 4.78 is 0. The highest BCUT2D eigenvalue weighted by Crippen LogP contribution is 2.69. The lowest BCUT2D eigenvalue weighted by atomic mass is 10.0. The van der Waals surface area contributed by atoms with Crippen molar-refractivity contribution < 1.29 is 9.90 Å². The Kier molecular flexibility index (Phi) is 2.11. The summed E-state index contributed by atoms with van der Waals surface area (Å²) in [5.74, 6) is 3.95. The van der Waals surface area contributed by atoms with Crippen molar-refractivity contribution in [3.05, 3.63) is 0 Å². The standard InChI is InChI=1S/C14H21NO2/c16-7-10-2-1-5-15(10)14(17)13-11-8-3-4-9(6-8)12(11)13/h8-13,16H,1-7H2/t8?,9?,10-,11?,12?,13?/m1/s1. The van der Waals surface area contributed by atoms with Crippen LogP contribution in [0.3, 0.4) is 0 Å². The Bertz CT molecular complexity index is 340. The van der Waals surface area contributed by atoms with Crippen LogP contribution in [0.4, 0.5) is 0 Å². The molecule has 2 bridgehead atoms. The molecule has 0 aromatic carbocycles. The third-order valence-electron chi connectivity index (χ3n) is 5.89. The molecule has 4 unspecified atom stereocenters. The van der Waals surface area contributed by atoms with E-state index in [-0.39, 0.29) is 12.6 Å². The fourth-order valence-corrected chi connectivity index (χ4v) is 5.16. The number of amides is 1. The van der Waals surface area contributed by atoms with Crippen molar-refractivity contribution in [2.45, 2.75) is 38.1 Å². The van der Waals surface area contributed by atoms with Crippen LogP contribution < -0.4 is 0 Å². The number of aliphatic hydroxyl groups is 1. The molecule has 1 N–H and O–H groups in total. The molecule has 5 atom stereocenters. The number of hydrogen-bond donors (Lipinski definition) is 1. The van der Waals surface area contributed by atoms with Crippen LogP contribution in [0.5, 0.6) is 0 Å². The van der Waals surface area contributed by atoms with E-state index in [1.807, 2.05) is 4.90 Å². The first-order valence-corrected chi connectivity index (χ1v) is 7.22. The van der Waals surface area contributed by atoms with E-state index in [2.05, 4.69) is 0 Å². The fraction of sp³-hybridized carbons (Fsp3) is 0.929. The van der Waals surface area contributed by atoms with Gasteiger partial charge in [-0.25, -0.2) is 0 Å². The number of hydrogen-bond acceptors (Lipinski definition) is 2. The molecule has 0 aromatic heterocycles. The predicted molar refractivity (Wildman–Crippen MR) is 63.1 cm³/mol. The van der Waals surface area contributed by atoms with Crippen molar-refractivity contribution in [2.24, 2.45) is 29.6 Å². The van der Waals surface area contributed by atoms with Crippen molar-refractivity contribution in [3.8, 4) is 0 Å². The van der Waals surface area contributed by atoms with Gasteiger partial charge in [0.15, 0.2) is 0 Å². The van der Waals surface area contributed by atoms with Gasteiger partial charge in [0.2, 0.25) is 5.91 Å². The minimum Gasteiger partial charge on any atom is -0.394 e. The number of carbonyl (C=O) groups excluding carboxylic acids is 1. The quantitative estimate of drug-likeness (QED) is 0.783. The summed E-state index contributed by atoms with van der Waals surface area (Å²) in [5.41, 5.74) is 0. The maximum Gasteiger partial charge on any atom is 0.226 e.